The molecule has 4 saturated heterocycles. The van der Waals surface area contributed by atoms with Gasteiger partial charge < -0.3 is 20.1 Å². The van der Waals surface area contributed by atoms with Gasteiger partial charge >= 0.3 is 18.3 Å². The number of ether oxygens (including phenoxy) is 2. The topological polar surface area (TPSA) is 110 Å². The molecule has 264 valence electrons. The molecule has 7 rings (SSSR count). The largest absolute Gasteiger partial charge is 0.461 e. The quantitative estimate of drug-likeness (QED) is 0.245. The number of hydrogen-bond acceptors (Lipinski definition) is 9. The molecule has 1 aromatic carbocycles. The Hall–Kier alpha value is -4.01. The number of carbonyl (C=O) groups is 1. The van der Waals surface area contributed by atoms with Crippen LogP contribution in [0.2, 0.25) is 0 Å². The van der Waals surface area contributed by atoms with Crippen LogP contribution in [-0.4, -0.2) is 93.0 Å². The number of benzene rings is 1. The van der Waals surface area contributed by atoms with Crippen LogP contribution >= 0.6 is 0 Å². The molecule has 15 heteroatoms. The number of pyridine rings is 1. The van der Waals surface area contributed by atoms with Gasteiger partial charge in [-0.3, -0.25) is 9.80 Å². The fourth-order valence-electron chi connectivity index (χ4n) is 8.12. The van der Waals surface area contributed by atoms with E-state index in [2.05, 4.69) is 14.9 Å². The van der Waals surface area contributed by atoms with E-state index in [4.69, 9.17) is 20.2 Å². The van der Waals surface area contributed by atoms with Gasteiger partial charge in [0.2, 0.25) is 0 Å². The van der Waals surface area contributed by atoms with E-state index in [1.807, 2.05) is 4.90 Å². The number of halogens is 5. The number of aromatic nitrogens is 3. The van der Waals surface area contributed by atoms with Crippen molar-refractivity contribution < 1.29 is 36.2 Å². The van der Waals surface area contributed by atoms with Crippen molar-refractivity contribution in [3.05, 3.63) is 35.3 Å². The molecule has 4 atom stereocenters. The van der Waals surface area contributed by atoms with E-state index in [1.54, 1.807) is 32.6 Å². The van der Waals surface area contributed by atoms with Gasteiger partial charge in [0.15, 0.2) is 5.82 Å². The van der Waals surface area contributed by atoms with Crippen LogP contribution in [0.5, 0.6) is 6.01 Å². The summed E-state index contributed by atoms with van der Waals surface area (Å²) in [4.78, 5) is 32.5. The summed E-state index contributed by atoms with van der Waals surface area (Å²) in [5.74, 6) is -0.777. The molecule has 1 amide bonds. The van der Waals surface area contributed by atoms with Crippen LogP contribution < -0.4 is 15.4 Å². The van der Waals surface area contributed by atoms with Crippen LogP contribution in [0.25, 0.3) is 22.2 Å². The second-order valence-electron chi connectivity index (χ2n) is 14.8. The number of nitrogen functional groups attached to an aromatic ring is 1. The number of amides is 1. The Kier molecular flexibility index (Phi) is 8.07. The Bertz CT molecular complexity index is 1790. The number of nitrogens with two attached hydrogens (primary N) is 1. The van der Waals surface area contributed by atoms with Gasteiger partial charge in [-0.15, -0.1) is 0 Å². The minimum atomic E-state index is -4.81. The van der Waals surface area contributed by atoms with E-state index in [0.717, 1.165) is 50.4 Å². The van der Waals surface area contributed by atoms with E-state index in [9.17, 15) is 22.4 Å². The van der Waals surface area contributed by atoms with Gasteiger partial charge in [-0.25, -0.2) is 18.6 Å². The summed E-state index contributed by atoms with van der Waals surface area (Å²) in [6.45, 7) is 8.80. The first-order valence-electron chi connectivity index (χ1n) is 16.7. The third-order valence-corrected chi connectivity index (χ3v) is 10.1. The lowest BCUT2D eigenvalue weighted by atomic mass is 9.95. The van der Waals surface area contributed by atoms with E-state index in [1.165, 1.54) is 0 Å². The average molecular weight is 690 g/mol. The van der Waals surface area contributed by atoms with Gasteiger partial charge in [0, 0.05) is 37.3 Å². The molecule has 3 aromatic rings. The Labute approximate surface area is 280 Å². The van der Waals surface area contributed by atoms with Crippen LogP contribution in [0.3, 0.4) is 0 Å². The Balaban J connectivity index is 1.32. The lowest BCUT2D eigenvalue weighted by Crippen LogP contribution is -2.57. The van der Waals surface area contributed by atoms with Crippen LogP contribution in [-0.2, 0) is 10.9 Å². The summed E-state index contributed by atoms with van der Waals surface area (Å²) >= 11 is 0. The first kappa shape index (κ1) is 33.5. The smallest absolute Gasteiger partial charge is 0.417 e. The van der Waals surface area contributed by atoms with Gasteiger partial charge in [0.1, 0.15) is 35.4 Å². The SMILES string of the molecule is Cc1nc(-c2cc(N)ccc2C(F)(F)F)c(F)c2nc(OC[C@@]34CCCN3C[C@H](F)C4)nc(N3C[C@H]4CC[C@@H](C3)N4C(=O)OC(C)(C)C)c12. The summed E-state index contributed by atoms with van der Waals surface area (Å²) in [6.07, 6.45) is -2.86. The van der Waals surface area contributed by atoms with Crippen LogP contribution in [0.1, 0.15) is 64.1 Å². The van der Waals surface area contributed by atoms with Crippen molar-refractivity contribution in [2.75, 3.05) is 43.4 Å². The third kappa shape index (κ3) is 6.08. The molecule has 6 heterocycles. The van der Waals surface area contributed by atoms with Gasteiger partial charge in [0.25, 0.3) is 0 Å². The Morgan fingerprint density at radius 2 is 1.80 bits per heavy atom. The number of fused-ring (bicyclic) bond motifs is 4. The summed E-state index contributed by atoms with van der Waals surface area (Å²) in [5, 5.41) is 0.224. The molecular weight excluding hydrogens is 649 g/mol. The maximum atomic E-state index is 16.7. The predicted octanol–water partition coefficient (Wildman–Crippen LogP) is 6.28. The fourth-order valence-corrected chi connectivity index (χ4v) is 8.12. The van der Waals surface area contributed by atoms with Gasteiger partial charge in [-0.2, -0.15) is 23.1 Å². The lowest BCUT2D eigenvalue weighted by molar-refractivity contribution is -0.137. The summed E-state index contributed by atoms with van der Waals surface area (Å²) in [6, 6.07) is 2.35. The molecule has 2 bridgehead atoms. The third-order valence-electron chi connectivity index (χ3n) is 10.1. The molecule has 0 aliphatic carbocycles. The zero-order chi connectivity index (χ0) is 35.0. The molecule has 4 aliphatic rings. The number of rotatable bonds is 5. The molecule has 0 unspecified atom stereocenters. The maximum Gasteiger partial charge on any atom is 0.417 e. The maximum absolute atomic E-state index is 16.7. The molecule has 0 spiro atoms. The summed E-state index contributed by atoms with van der Waals surface area (Å²) in [7, 11) is 0. The lowest BCUT2D eigenvalue weighted by Gasteiger charge is -2.42. The monoisotopic (exact) mass is 689 g/mol. The van der Waals surface area contributed by atoms with Crippen LogP contribution in [0.4, 0.5) is 38.3 Å². The number of carbonyl (C=O) groups excluding carboxylic acids is 1. The molecule has 4 aliphatic heterocycles. The highest BCUT2D eigenvalue weighted by Crippen LogP contribution is 2.44. The minimum Gasteiger partial charge on any atom is -0.461 e. The van der Waals surface area contributed by atoms with Crippen molar-refractivity contribution in [2.45, 2.75) is 95.4 Å². The molecule has 2 aromatic heterocycles. The molecule has 0 radical (unpaired) electrons. The minimum absolute atomic E-state index is 0.00999. The molecule has 2 N–H and O–H groups in total. The Morgan fingerprint density at radius 1 is 1.08 bits per heavy atom. The predicted molar refractivity (Wildman–Crippen MR) is 173 cm³/mol. The second-order valence-corrected chi connectivity index (χ2v) is 14.8. The second kappa shape index (κ2) is 11.8. The zero-order valence-electron chi connectivity index (χ0n) is 27.9. The normalized spacial score (nSPS) is 25.7. The van der Waals surface area contributed by atoms with Crippen molar-refractivity contribution in [1.29, 1.82) is 0 Å². The molecule has 49 heavy (non-hydrogen) atoms. The van der Waals surface area contributed by atoms with Gasteiger partial charge in [-0.1, -0.05) is 0 Å². The van der Waals surface area contributed by atoms with Crippen LogP contribution in [0, 0.1) is 12.7 Å². The number of anilines is 2. The zero-order valence-corrected chi connectivity index (χ0v) is 27.9. The van der Waals surface area contributed by atoms with E-state index in [0.29, 0.717) is 31.9 Å². The molecule has 10 nitrogen and oxygen atoms in total. The number of hydrogen-bond donors (Lipinski definition) is 1. The van der Waals surface area contributed by atoms with Crippen molar-refractivity contribution >= 4 is 28.5 Å². The van der Waals surface area contributed by atoms with E-state index < -0.39 is 52.2 Å². The molecular formula is C34H40F5N7O3. The average Bonchev–Trinajstić information content (AvgIpc) is 3.62. The summed E-state index contributed by atoms with van der Waals surface area (Å²) < 4.78 is 85.4. The first-order valence-corrected chi connectivity index (χ1v) is 16.7. The number of alkyl halides is 4. The highest BCUT2D eigenvalue weighted by atomic mass is 19.4. The van der Waals surface area contributed by atoms with Crippen molar-refractivity contribution in [2.24, 2.45) is 0 Å². The van der Waals surface area contributed by atoms with Crippen molar-refractivity contribution in [3.63, 3.8) is 0 Å². The highest BCUT2D eigenvalue weighted by Gasteiger charge is 2.50. The number of nitrogens with zero attached hydrogens (tertiary/aromatic N) is 6. The first-order chi connectivity index (χ1) is 23.0. The molecule has 4 fully saturated rings. The molecule has 0 saturated carbocycles. The van der Waals surface area contributed by atoms with E-state index in [-0.39, 0.29) is 47.0 Å². The standard InChI is InChI=1S/C34H40F5N7O3/c1-18-25-28(26(36)27(41-18)23-12-20(40)6-9-24(23)34(37,38)39)42-30(48-17-33-10-5-11-45(33)14-19(35)13-33)43-29(25)44-15-21-7-8-22(16-44)46(21)31(47)49-32(2,3)4/h6,9,12,19,21-22H,5,7-8,10-11,13-17,40H2,1-4H3/t19-,21-,22+,33+/m1/s1. The number of aryl methyl sites for hydroxylation is 1. The van der Waals surface area contributed by atoms with Gasteiger partial charge in [-0.05, 0) is 78.1 Å². The summed E-state index contributed by atoms with van der Waals surface area (Å²) in [5.41, 5.74) is 2.46. The highest BCUT2D eigenvalue weighted by molar-refractivity contribution is 5.95. The van der Waals surface area contributed by atoms with Crippen LogP contribution in [0.15, 0.2) is 18.2 Å². The Morgan fingerprint density at radius 3 is 2.47 bits per heavy atom. The van der Waals surface area contributed by atoms with E-state index >= 15 is 4.39 Å². The van der Waals surface area contributed by atoms with Gasteiger partial charge in [0.05, 0.1) is 34.3 Å². The number of piperazine rings is 1. The van der Waals surface area contributed by atoms with Crippen molar-refractivity contribution in [3.8, 4) is 17.3 Å². The van der Waals surface area contributed by atoms with Crippen molar-refractivity contribution in [1.82, 2.24) is 24.8 Å². The fraction of sp³-hybridized carbons (Fsp3) is 0.588.